The Morgan fingerprint density at radius 2 is 0.765 bits per heavy atom. The van der Waals surface area contributed by atoms with E-state index in [0.29, 0.717) is 5.56 Å². The van der Waals surface area contributed by atoms with Gasteiger partial charge in [0, 0.05) is 45.8 Å². The Morgan fingerprint density at radius 3 is 1.24 bits per heavy atom. The van der Waals surface area contributed by atoms with Crippen molar-refractivity contribution in [3.05, 3.63) is 230 Å². The number of fused-ring (bicyclic) bond motifs is 1. The molecular formula is C64H42N2O2+2. The summed E-state index contributed by atoms with van der Waals surface area (Å²) < 4.78 is 2.27. The van der Waals surface area contributed by atoms with Gasteiger partial charge in [-0.05, 0) is 143 Å². The first kappa shape index (κ1) is 39.4. The van der Waals surface area contributed by atoms with Gasteiger partial charge < -0.3 is 5.11 Å². The summed E-state index contributed by atoms with van der Waals surface area (Å²) in [4.78, 5) is 16.9. The van der Waals surface area contributed by atoms with Crippen molar-refractivity contribution in [2.75, 3.05) is 0 Å². The molecule has 22 bridgehead atoms. The van der Waals surface area contributed by atoms with Gasteiger partial charge in [-0.2, -0.15) is 4.57 Å². The minimum absolute atomic E-state index is 0.300. The van der Waals surface area contributed by atoms with Crippen molar-refractivity contribution >= 4 is 38.3 Å². The van der Waals surface area contributed by atoms with Crippen molar-refractivity contribution in [3.8, 4) is 101 Å². The molecule has 0 fully saturated rings. The van der Waals surface area contributed by atoms with Crippen molar-refractivity contribution < 1.29 is 19.5 Å². The Labute approximate surface area is 393 Å². The summed E-state index contributed by atoms with van der Waals surface area (Å²) in [5.74, 6) is -0.943. The Morgan fingerprint density at radius 1 is 0.382 bits per heavy atom. The zero-order valence-corrected chi connectivity index (χ0v) is 37.2. The zero-order chi connectivity index (χ0) is 45.5. The fraction of sp³-hybridized carbons (Fsp3) is 0.0156. The second kappa shape index (κ2) is 15.6. The average molecular weight is 871 g/mol. The zero-order valence-electron chi connectivity index (χ0n) is 37.2. The predicted octanol–water partition coefficient (Wildman–Crippen LogP) is 15.2. The lowest BCUT2D eigenvalue weighted by atomic mass is 9.84. The molecule has 4 nitrogen and oxygen atoms in total. The highest BCUT2D eigenvalue weighted by atomic mass is 16.4. The molecule has 0 saturated carbocycles. The molecule has 0 aliphatic carbocycles. The summed E-state index contributed by atoms with van der Waals surface area (Å²) in [5, 5.41) is 16.8. The summed E-state index contributed by atoms with van der Waals surface area (Å²) in [5.41, 5.74) is 20.0. The van der Waals surface area contributed by atoms with Gasteiger partial charge in [0.1, 0.15) is 7.05 Å². The van der Waals surface area contributed by atoms with Gasteiger partial charge >= 0.3 is 5.97 Å². The van der Waals surface area contributed by atoms with Crippen LogP contribution in [0, 0.1) is 0 Å². The molecule has 12 aromatic rings. The smallest absolute Gasteiger partial charge is 0.336 e. The van der Waals surface area contributed by atoms with Crippen molar-refractivity contribution in [2.45, 2.75) is 0 Å². The van der Waals surface area contributed by atoms with E-state index in [-0.39, 0.29) is 0 Å². The molecule has 4 heteroatoms. The largest absolute Gasteiger partial charge is 0.478 e. The molecule has 10 aromatic carbocycles. The Bertz CT molecular complexity index is 3910. The average Bonchev–Trinajstić information content (AvgIpc) is 3.40. The van der Waals surface area contributed by atoms with Gasteiger partial charge in [0.2, 0.25) is 17.1 Å². The van der Waals surface area contributed by atoms with Crippen LogP contribution in [0.2, 0.25) is 0 Å². The number of hydrogen-bond acceptors (Lipinski definition) is 1. The number of carboxylic acid groups (broad SMARTS) is 1. The maximum atomic E-state index is 13.3. The lowest BCUT2D eigenvalue weighted by Crippen LogP contribution is -2.33. The summed E-state index contributed by atoms with van der Waals surface area (Å²) in [6.45, 7) is 0. The second-order valence-electron chi connectivity index (χ2n) is 18.0. The van der Waals surface area contributed by atoms with Gasteiger partial charge in [-0.25, -0.2) is 9.78 Å². The molecule has 0 spiro atoms. The molecular weight excluding hydrogens is 829 g/mol. The Hall–Kier alpha value is -8.99. The number of hydrogen-bond donors (Lipinski definition) is 1. The number of carbonyl (C=O) groups is 1. The van der Waals surface area contributed by atoms with Crippen molar-refractivity contribution in [1.82, 2.24) is 0 Å². The molecule has 12 aliphatic rings. The number of benzene rings is 10. The van der Waals surface area contributed by atoms with Crippen LogP contribution >= 0.6 is 0 Å². The monoisotopic (exact) mass is 870 g/mol. The number of rotatable bonds is 1. The number of aromatic nitrogens is 2. The number of aromatic amines is 1. The number of nitrogens with zero attached hydrogens (tertiary/aromatic N) is 1. The lowest BCUT2D eigenvalue weighted by molar-refractivity contribution is -0.649. The maximum absolute atomic E-state index is 13.3. The Balaban J connectivity index is 0.938. The van der Waals surface area contributed by atoms with Crippen LogP contribution in [0.3, 0.4) is 0 Å². The van der Waals surface area contributed by atoms with Crippen LogP contribution in [-0.4, -0.2) is 11.1 Å². The van der Waals surface area contributed by atoms with Crippen molar-refractivity contribution in [1.29, 1.82) is 0 Å². The molecule has 2 N–H and O–H groups in total. The molecule has 0 saturated heterocycles. The molecule has 12 aliphatic heterocycles. The van der Waals surface area contributed by atoms with Crippen LogP contribution in [0.25, 0.3) is 133 Å². The van der Waals surface area contributed by atoms with Gasteiger partial charge in [0.25, 0.3) is 0 Å². The Kier molecular flexibility index (Phi) is 9.02. The third-order valence-electron chi connectivity index (χ3n) is 14.2. The first-order valence-corrected chi connectivity index (χ1v) is 23.0. The summed E-state index contributed by atoms with van der Waals surface area (Å²) >= 11 is 0. The van der Waals surface area contributed by atoms with E-state index in [1.54, 1.807) is 0 Å². The lowest BCUT2D eigenvalue weighted by Gasteiger charge is -2.19. The number of aromatic carboxylic acids is 1. The second-order valence-corrected chi connectivity index (χ2v) is 18.0. The van der Waals surface area contributed by atoms with E-state index in [2.05, 4.69) is 235 Å². The van der Waals surface area contributed by atoms with Crippen LogP contribution < -0.4 is 9.55 Å². The number of H-pyrrole nitrogens is 1. The SMILES string of the molecule is C[n+]1c2cccc1-c1ccc(cc1)-c1ccc(c[nH+]1)-c1ccc(cc1)-c1ccc(cc1)-c1ccc3ccc4ccc(c5cc(C(=O)O)c1c3c45)-c1ccc(cc1)-c1ccc(cc1)-c1ccc-2cc1. The predicted molar refractivity (Wildman–Crippen MR) is 277 cm³/mol. The minimum atomic E-state index is -0.943. The first-order chi connectivity index (χ1) is 33.4. The standard InChI is InChI=1S/C64H40N2O2/c1-66-59-3-2-4-60(66)50-27-23-48(24-28-50)58-36-33-53(38-65-58)45-11-9-41(10-12-45)43-15-21-47(22-16-43)55-35-32-52-30-29-51-31-34-54(56-37-57(64(67)68)63(55)62(52)61(51)56)46-19-13-42(14-20-46)39-5-7-40(8-6-39)44-17-25-49(59)26-18-44/h2-38H,1H3/p+2. The van der Waals surface area contributed by atoms with Crippen LogP contribution in [0.4, 0.5) is 0 Å². The van der Waals surface area contributed by atoms with E-state index in [9.17, 15) is 9.90 Å². The van der Waals surface area contributed by atoms with Gasteiger partial charge in [0.15, 0.2) is 6.20 Å². The molecule has 24 rings (SSSR count). The third-order valence-corrected chi connectivity index (χ3v) is 14.2. The summed E-state index contributed by atoms with van der Waals surface area (Å²) in [7, 11) is 2.14. The van der Waals surface area contributed by atoms with Crippen LogP contribution in [0.15, 0.2) is 225 Å². The van der Waals surface area contributed by atoms with Gasteiger partial charge in [-0.15, -0.1) is 0 Å². The molecule has 2 aromatic heterocycles. The van der Waals surface area contributed by atoms with E-state index in [0.717, 1.165) is 133 Å². The highest BCUT2D eigenvalue weighted by Gasteiger charge is 2.22. The number of nitrogens with one attached hydrogen (secondary N) is 1. The van der Waals surface area contributed by atoms with Gasteiger partial charge in [-0.1, -0.05) is 146 Å². The fourth-order valence-electron chi connectivity index (χ4n) is 10.6. The molecule has 68 heavy (non-hydrogen) atoms. The number of pyridine rings is 2. The molecule has 0 amide bonds. The number of carboxylic acids is 1. The molecule has 14 heterocycles. The van der Waals surface area contributed by atoms with Crippen molar-refractivity contribution in [2.24, 2.45) is 7.05 Å². The fourth-order valence-corrected chi connectivity index (χ4v) is 10.6. The normalized spacial score (nSPS) is 11.7. The highest BCUT2D eigenvalue weighted by Crippen LogP contribution is 2.45. The molecule has 0 radical (unpaired) electrons. The third kappa shape index (κ3) is 6.49. The van der Waals surface area contributed by atoms with E-state index in [4.69, 9.17) is 0 Å². The molecule has 0 unspecified atom stereocenters. The first-order valence-electron chi connectivity index (χ1n) is 23.0. The molecule has 318 valence electrons. The van der Waals surface area contributed by atoms with Crippen LogP contribution in [0.1, 0.15) is 10.4 Å². The minimum Gasteiger partial charge on any atom is -0.478 e. The van der Waals surface area contributed by atoms with Crippen molar-refractivity contribution in [3.63, 3.8) is 0 Å². The molecule has 0 atom stereocenters. The van der Waals surface area contributed by atoms with E-state index in [1.165, 1.54) is 0 Å². The highest BCUT2D eigenvalue weighted by molar-refractivity contribution is 6.31. The topological polar surface area (TPSA) is 55.3 Å². The summed E-state index contributed by atoms with van der Waals surface area (Å²) in [6, 6.07) is 77.6. The van der Waals surface area contributed by atoms with Gasteiger partial charge in [-0.3, -0.25) is 0 Å². The van der Waals surface area contributed by atoms with Crippen LogP contribution in [0.5, 0.6) is 0 Å². The van der Waals surface area contributed by atoms with Gasteiger partial charge in [0.05, 0.1) is 5.56 Å². The van der Waals surface area contributed by atoms with Crippen LogP contribution in [-0.2, 0) is 7.05 Å². The van der Waals surface area contributed by atoms with E-state index in [1.807, 2.05) is 6.07 Å². The van der Waals surface area contributed by atoms with E-state index >= 15 is 0 Å². The summed E-state index contributed by atoms with van der Waals surface area (Å²) in [6.07, 6.45) is 2.08. The van der Waals surface area contributed by atoms with E-state index < -0.39 is 5.97 Å². The quantitative estimate of drug-likeness (QED) is 0.132. The maximum Gasteiger partial charge on any atom is 0.336 e.